The van der Waals surface area contributed by atoms with Crippen molar-refractivity contribution in [3.8, 4) is 0 Å². The minimum Gasteiger partial charge on any atom is -0.325 e. The lowest BCUT2D eigenvalue weighted by Gasteiger charge is -2.41. The molecule has 78 valence electrons. The Morgan fingerprint density at radius 3 is 2.08 bits per heavy atom. The zero-order chi connectivity index (χ0) is 10.7. The van der Waals surface area contributed by atoms with Crippen LogP contribution in [0.1, 0.15) is 27.7 Å². The maximum Gasteiger partial charge on any atom is 0.0161 e. The fraction of sp³-hybridized carbons (Fsp3) is 0.818. The summed E-state index contributed by atoms with van der Waals surface area (Å²) in [7, 11) is 2.09. The van der Waals surface area contributed by atoms with Crippen LogP contribution in [-0.2, 0) is 0 Å². The molecule has 0 unspecified atom stereocenters. The molecule has 0 aliphatic rings. The first kappa shape index (κ1) is 12.7. The Hall–Kier alpha value is -0.340. The van der Waals surface area contributed by atoms with Gasteiger partial charge < -0.3 is 10.6 Å². The van der Waals surface area contributed by atoms with Crippen LogP contribution >= 0.6 is 0 Å². The Morgan fingerprint density at radius 1 is 1.31 bits per heavy atom. The zero-order valence-corrected chi connectivity index (χ0v) is 9.72. The lowest BCUT2D eigenvalue weighted by Crippen LogP contribution is -2.52. The molecular formula is C11H24N2. The Kier molecular flexibility index (Phi) is 4.14. The number of nitrogens with zero attached hydrogens (tertiary/aromatic N) is 1. The first-order valence-corrected chi connectivity index (χ1v) is 4.79. The van der Waals surface area contributed by atoms with E-state index in [2.05, 4.69) is 46.2 Å². The summed E-state index contributed by atoms with van der Waals surface area (Å²) < 4.78 is 0. The van der Waals surface area contributed by atoms with Gasteiger partial charge in [-0.3, -0.25) is 0 Å². The van der Waals surface area contributed by atoms with Gasteiger partial charge in [-0.25, -0.2) is 0 Å². The van der Waals surface area contributed by atoms with Gasteiger partial charge >= 0.3 is 0 Å². The number of likely N-dealkylation sites (N-methyl/N-ethyl adjacent to an activating group) is 1. The molecular weight excluding hydrogens is 160 g/mol. The van der Waals surface area contributed by atoms with Crippen molar-refractivity contribution in [2.45, 2.75) is 33.2 Å². The Morgan fingerprint density at radius 2 is 1.77 bits per heavy atom. The number of nitrogens with two attached hydrogens (primary N) is 1. The highest BCUT2D eigenvalue weighted by Crippen LogP contribution is 2.28. The van der Waals surface area contributed by atoms with Crippen LogP contribution in [0.4, 0.5) is 0 Å². The fourth-order valence-corrected chi connectivity index (χ4v) is 1.16. The van der Waals surface area contributed by atoms with E-state index in [9.17, 15) is 0 Å². The summed E-state index contributed by atoms with van der Waals surface area (Å²) in [6, 6.07) is 0. The van der Waals surface area contributed by atoms with Gasteiger partial charge in [-0.1, -0.05) is 19.9 Å². The number of rotatable bonds is 5. The van der Waals surface area contributed by atoms with E-state index in [1.54, 1.807) is 0 Å². The average Bonchev–Trinajstić information content (AvgIpc) is 1.83. The van der Waals surface area contributed by atoms with Crippen molar-refractivity contribution in [2.75, 3.05) is 20.1 Å². The van der Waals surface area contributed by atoms with E-state index in [0.29, 0.717) is 0 Å². The van der Waals surface area contributed by atoms with E-state index < -0.39 is 0 Å². The predicted molar refractivity (Wildman–Crippen MR) is 59.7 cm³/mol. The first-order chi connectivity index (χ1) is 5.70. The highest BCUT2D eigenvalue weighted by Gasteiger charge is 2.33. The van der Waals surface area contributed by atoms with Gasteiger partial charge in [-0.15, -0.1) is 6.58 Å². The lowest BCUT2D eigenvalue weighted by atomic mass is 9.75. The molecule has 0 spiro atoms. The molecule has 2 heteroatoms. The van der Waals surface area contributed by atoms with E-state index in [4.69, 9.17) is 5.73 Å². The Labute approximate surface area is 82.8 Å². The molecule has 0 aromatic rings. The highest BCUT2D eigenvalue weighted by molar-refractivity contribution is 4.92. The monoisotopic (exact) mass is 184 g/mol. The third kappa shape index (κ3) is 3.92. The van der Waals surface area contributed by atoms with Crippen LogP contribution in [0.3, 0.4) is 0 Å². The summed E-state index contributed by atoms with van der Waals surface area (Å²) in [6.07, 6.45) is 1.92. The van der Waals surface area contributed by atoms with Gasteiger partial charge in [-0.05, 0) is 26.3 Å². The minimum atomic E-state index is -0.150. The average molecular weight is 184 g/mol. The van der Waals surface area contributed by atoms with Crippen molar-refractivity contribution < 1.29 is 0 Å². The third-order valence-electron chi connectivity index (χ3n) is 2.85. The quantitative estimate of drug-likeness (QED) is 0.661. The SMILES string of the molecule is C=CCN(C)CC(C)(C)C(C)(C)N. The van der Waals surface area contributed by atoms with Crippen LogP contribution in [0.2, 0.25) is 0 Å². The summed E-state index contributed by atoms with van der Waals surface area (Å²) in [5.41, 5.74) is 6.07. The molecule has 0 saturated carbocycles. The van der Waals surface area contributed by atoms with Crippen LogP contribution in [0.25, 0.3) is 0 Å². The lowest BCUT2D eigenvalue weighted by molar-refractivity contribution is 0.137. The molecule has 0 atom stereocenters. The second kappa shape index (κ2) is 4.25. The number of hydrogen-bond donors (Lipinski definition) is 1. The van der Waals surface area contributed by atoms with E-state index >= 15 is 0 Å². The topological polar surface area (TPSA) is 29.3 Å². The molecule has 0 amide bonds. The van der Waals surface area contributed by atoms with Crippen molar-refractivity contribution in [2.24, 2.45) is 11.1 Å². The van der Waals surface area contributed by atoms with Crippen LogP contribution in [0.15, 0.2) is 12.7 Å². The maximum atomic E-state index is 6.11. The molecule has 0 aromatic heterocycles. The molecule has 0 aromatic carbocycles. The summed E-state index contributed by atoms with van der Waals surface area (Å²) in [6.45, 7) is 14.2. The standard InChI is InChI=1S/C11H24N2/c1-7-8-13(6)9-10(2,3)11(4,5)12/h7H,1,8-9,12H2,2-6H3. The van der Waals surface area contributed by atoms with Gasteiger partial charge in [0.05, 0.1) is 0 Å². The van der Waals surface area contributed by atoms with Gasteiger partial charge in [-0.2, -0.15) is 0 Å². The molecule has 13 heavy (non-hydrogen) atoms. The molecule has 2 nitrogen and oxygen atoms in total. The van der Waals surface area contributed by atoms with Crippen LogP contribution < -0.4 is 5.73 Å². The molecule has 0 radical (unpaired) electrons. The summed E-state index contributed by atoms with van der Waals surface area (Å²) >= 11 is 0. The molecule has 0 saturated heterocycles. The number of hydrogen-bond acceptors (Lipinski definition) is 2. The maximum absolute atomic E-state index is 6.11. The van der Waals surface area contributed by atoms with E-state index in [0.717, 1.165) is 13.1 Å². The molecule has 0 aliphatic heterocycles. The third-order valence-corrected chi connectivity index (χ3v) is 2.85. The minimum absolute atomic E-state index is 0.116. The van der Waals surface area contributed by atoms with Crippen LogP contribution in [0, 0.1) is 5.41 Å². The van der Waals surface area contributed by atoms with Crippen molar-refractivity contribution >= 4 is 0 Å². The molecule has 0 heterocycles. The summed E-state index contributed by atoms with van der Waals surface area (Å²) in [4.78, 5) is 2.24. The Balaban J connectivity index is 4.24. The van der Waals surface area contributed by atoms with Gasteiger partial charge in [0, 0.05) is 18.6 Å². The van der Waals surface area contributed by atoms with Gasteiger partial charge in [0.2, 0.25) is 0 Å². The molecule has 0 bridgehead atoms. The molecule has 2 N–H and O–H groups in total. The van der Waals surface area contributed by atoms with Gasteiger partial charge in [0.1, 0.15) is 0 Å². The van der Waals surface area contributed by atoms with Crippen molar-refractivity contribution in [3.05, 3.63) is 12.7 Å². The second-order valence-corrected chi connectivity index (χ2v) is 5.09. The van der Waals surface area contributed by atoms with Crippen molar-refractivity contribution in [1.82, 2.24) is 4.90 Å². The van der Waals surface area contributed by atoms with Gasteiger partial charge in [0.25, 0.3) is 0 Å². The second-order valence-electron chi connectivity index (χ2n) is 5.09. The molecule has 0 rings (SSSR count). The smallest absolute Gasteiger partial charge is 0.0161 e. The van der Waals surface area contributed by atoms with Crippen molar-refractivity contribution in [3.63, 3.8) is 0 Å². The van der Waals surface area contributed by atoms with E-state index in [1.165, 1.54) is 0 Å². The summed E-state index contributed by atoms with van der Waals surface area (Å²) in [5.74, 6) is 0. The molecule has 0 fully saturated rings. The zero-order valence-electron chi connectivity index (χ0n) is 9.72. The first-order valence-electron chi connectivity index (χ1n) is 4.79. The van der Waals surface area contributed by atoms with Crippen LogP contribution in [0.5, 0.6) is 0 Å². The Bertz CT molecular complexity index is 165. The van der Waals surface area contributed by atoms with Crippen molar-refractivity contribution in [1.29, 1.82) is 0 Å². The highest BCUT2D eigenvalue weighted by atomic mass is 15.1. The summed E-state index contributed by atoms with van der Waals surface area (Å²) in [5, 5.41) is 0. The fourth-order valence-electron chi connectivity index (χ4n) is 1.16. The molecule has 0 aliphatic carbocycles. The predicted octanol–water partition coefficient (Wildman–Crippen LogP) is 1.87. The van der Waals surface area contributed by atoms with Crippen LogP contribution in [-0.4, -0.2) is 30.6 Å². The van der Waals surface area contributed by atoms with E-state index in [-0.39, 0.29) is 11.0 Å². The van der Waals surface area contributed by atoms with Gasteiger partial charge in [0.15, 0.2) is 0 Å². The normalized spacial score (nSPS) is 13.5. The van der Waals surface area contributed by atoms with E-state index in [1.807, 2.05) is 6.08 Å². The largest absolute Gasteiger partial charge is 0.325 e.